The van der Waals surface area contributed by atoms with E-state index in [-0.39, 0.29) is 0 Å². The topological polar surface area (TPSA) is 55.5 Å². The van der Waals surface area contributed by atoms with Crippen LogP contribution in [0.15, 0.2) is 65.2 Å². The Balaban J connectivity index is 1.33. The van der Waals surface area contributed by atoms with Gasteiger partial charge in [0, 0.05) is 43.3 Å². The van der Waals surface area contributed by atoms with Gasteiger partial charge in [0.05, 0.1) is 7.11 Å². The molecule has 1 fully saturated rings. The molecule has 0 radical (unpaired) electrons. The van der Waals surface area contributed by atoms with E-state index in [1.807, 2.05) is 29.9 Å². The Morgan fingerprint density at radius 2 is 1.88 bits per heavy atom. The SMILES string of the molecule is COc1ccc(C(CNCc2cn(C)nc2-c2cc3ccccc3o2)N2CCCC2)cc1. The van der Waals surface area contributed by atoms with Gasteiger partial charge in [-0.3, -0.25) is 9.58 Å². The molecule has 6 heteroatoms. The molecular formula is C26H30N4O2. The Kier molecular flexibility index (Phi) is 5.97. The number of benzene rings is 2. The van der Waals surface area contributed by atoms with E-state index in [1.54, 1.807) is 7.11 Å². The normalized spacial score (nSPS) is 15.4. The standard InChI is InChI=1S/C26H30N4O2/c1-29-18-21(26(28-29)25-15-20-7-3-4-8-24(20)32-25)16-27-17-23(30-13-5-6-14-30)19-9-11-22(31-2)12-10-19/h3-4,7-12,15,18,23,27H,5-6,13-14,16-17H2,1-2H3. The maximum Gasteiger partial charge on any atom is 0.156 e. The third-order valence-corrected chi connectivity index (χ3v) is 6.30. The number of para-hydroxylation sites is 1. The van der Waals surface area contributed by atoms with E-state index in [0.717, 1.165) is 59.9 Å². The summed E-state index contributed by atoms with van der Waals surface area (Å²) in [4.78, 5) is 2.58. The predicted molar refractivity (Wildman–Crippen MR) is 127 cm³/mol. The Morgan fingerprint density at radius 3 is 2.62 bits per heavy atom. The van der Waals surface area contributed by atoms with Gasteiger partial charge in [-0.1, -0.05) is 30.3 Å². The number of nitrogens with one attached hydrogen (secondary N) is 1. The molecule has 166 valence electrons. The Morgan fingerprint density at radius 1 is 1.09 bits per heavy atom. The first kappa shape index (κ1) is 20.8. The van der Waals surface area contributed by atoms with Crippen LogP contribution in [0.1, 0.15) is 30.0 Å². The average molecular weight is 431 g/mol. The van der Waals surface area contributed by atoms with E-state index < -0.39 is 0 Å². The molecule has 2 aromatic heterocycles. The van der Waals surface area contributed by atoms with E-state index in [9.17, 15) is 0 Å². The molecule has 1 unspecified atom stereocenters. The number of nitrogens with zero attached hydrogens (tertiary/aromatic N) is 3. The van der Waals surface area contributed by atoms with Gasteiger partial charge in [0.2, 0.25) is 0 Å². The number of methoxy groups -OCH3 is 1. The fourth-order valence-electron chi connectivity index (χ4n) is 4.65. The molecule has 0 aliphatic carbocycles. The van der Waals surface area contributed by atoms with Crippen LogP contribution in [0, 0.1) is 0 Å². The van der Waals surface area contributed by atoms with Crippen molar-refractivity contribution in [2.45, 2.75) is 25.4 Å². The number of hydrogen-bond donors (Lipinski definition) is 1. The molecule has 4 aromatic rings. The minimum Gasteiger partial charge on any atom is -0.497 e. The van der Waals surface area contributed by atoms with Crippen LogP contribution in [0.5, 0.6) is 5.75 Å². The van der Waals surface area contributed by atoms with Crippen molar-refractivity contribution in [2.75, 3.05) is 26.7 Å². The zero-order valence-electron chi connectivity index (χ0n) is 18.8. The molecule has 0 spiro atoms. The van der Waals surface area contributed by atoms with Gasteiger partial charge in [0.1, 0.15) is 17.0 Å². The summed E-state index contributed by atoms with van der Waals surface area (Å²) in [6.07, 6.45) is 4.62. The van der Waals surface area contributed by atoms with Gasteiger partial charge in [-0.15, -0.1) is 0 Å². The molecule has 1 aliphatic heterocycles. The Bertz CT molecular complexity index is 1140. The number of furan rings is 1. The van der Waals surface area contributed by atoms with Crippen LogP contribution in [0.3, 0.4) is 0 Å². The van der Waals surface area contributed by atoms with Crippen LogP contribution in [-0.4, -0.2) is 41.4 Å². The summed E-state index contributed by atoms with van der Waals surface area (Å²) in [6.45, 7) is 3.91. The lowest BCUT2D eigenvalue weighted by Crippen LogP contribution is -2.34. The Labute approximate surface area is 188 Å². The van der Waals surface area contributed by atoms with E-state index in [0.29, 0.717) is 6.04 Å². The highest BCUT2D eigenvalue weighted by Crippen LogP contribution is 2.30. The second kappa shape index (κ2) is 9.18. The second-order valence-corrected chi connectivity index (χ2v) is 8.49. The second-order valence-electron chi connectivity index (χ2n) is 8.49. The fraction of sp³-hybridized carbons (Fsp3) is 0.346. The lowest BCUT2D eigenvalue weighted by atomic mass is 10.0. The molecule has 32 heavy (non-hydrogen) atoms. The summed E-state index contributed by atoms with van der Waals surface area (Å²) < 4.78 is 13.3. The predicted octanol–water partition coefficient (Wildman–Crippen LogP) is 4.77. The Hall–Kier alpha value is -3.09. The molecular weight excluding hydrogens is 400 g/mol. The van der Waals surface area contributed by atoms with Gasteiger partial charge in [-0.05, 0) is 55.8 Å². The molecule has 1 aliphatic rings. The summed E-state index contributed by atoms with van der Waals surface area (Å²) in [5.41, 5.74) is 4.25. The van der Waals surface area contributed by atoms with Crippen LogP contribution in [0.2, 0.25) is 0 Å². The molecule has 1 saturated heterocycles. The zero-order chi connectivity index (χ0) is 21.9. The number of rotatable bonds is 8. The molecule has 0 amide bonds. The maximum absolute atomic E-state index is 6.08. The number of ether oxygens (including phenoxy) is 1. The van der Waals surface area contributed by atoms with Crippen molar-refractivity contribution in [3.05, 3.63) is 71.9 Å². The van der Waals surface area contributed by atoms with Crippen molar-refractivity contribution in [3.63, 3.8) is 0 Å². The first-order chi connectivity index (χ1) is 15.7. The summed E-state index contributed by atoms with van der Waals surface area (Å²) >= 11 is 0. The van der Waals surface area contributed by atoms with E-state index >= 15 is 0 Å². The van der Waals surface area contributed by atoms with Crippen molar-refractivity contribution < 1.29 is 9.15 Å². The van der Waals surface area contributed by atoms with Crippen LogP contribution in [-0.2, 0) is 13.6 Å². The van der Waals surface area contributed by atoms with Gasteiger partial charge < -0.3 is 14.5 Å². The first-order valence-corrected chi connectivity index (χ1v) is 11.3. The van der Waals surface area contributed by atoms with Crippen LogP contribution >= 0.6 is 0 Å². The number of fused-ring (bicyclic) bond motifs is 1. The molecule has 2 aromatic carbocycles. The number of aromatic nitrogens is 2. The van der Waals surface area contributed by atoms with Crippen molar-refractivity contribution in [2.24, 2.45) is 7.05 Å². The molecule has 0 bridgehead atoms. The summed E-state index contributed by atoms with van der Waals surface area (Å²) in [6, 6.07) is 19.0. The molecule has 3 heterocycles. The lowest BCUT2D eigenvalue weighted by Gasteiger charge is -2.28. The van der Waals surface area contributed by atoms with Gasteiger partial charge in [-0.25, -0.2) is 0 Å². The lowest BCUT2D eigenvalue weighted by molar-refractivity contribution is 0.238. The highest BCUT2D eigenvalue weighted by atomic mass is 16.5. The van der Waals surface area contributed by atoms with Crippen molar-refractivity contribution in [3.8, 4) is 17.2 Å². The van der Waals surface area contributed by atoms with Crippen LogP contribution in [0.25, 0.3) is 22.4 Å². The van der Waals surface area contributed by atoms with Gasteiger partial charge in [0.25, 0.3) is 0 Å². The third-order valence-electron chi connectivity index (χ3n) is 6.30. The monoisotopic (exact) mass is 430 g/mol. The number of aryl methyl sites for hydroxylation is 1. The van der Waals surface area contributed by atoms with Gasteiger partial charge in [-0.2, -0.15) is 5.10 Å². The fourth-order valence-corrected chi connectivity index (χ4v) is 4.65. The molecule has 6 nitrogen and oxygen atoms in total. The zero-order valence-corrected chi connectivity index (χ0v) is 18.8. The van der Waals surface area contributed by atoms with Crippen molar-refractivity contribution in [1.29, 1.82) is 0 Å². The number of hydrogen-bond acceptors (Lipinski definition) is 5. The van der Waals surface area contributed by atoms with E-state index in [1.165, 1.54) is 18.4 Å². The van der Waals surface area contributed by atoms with E-state index in [4.69, 9.17) is 9.15 Å². The van der Waals surface area contributed by atoms with Gasteiger partial charge >= 0.3 is 0 Å². The minimum absolute atomic E-state index is 0.342. The summed E-state index contributed by atoms with van der Waals surface area (Å²) in [7, 11) is 3.67. The summed E-state index contributed by atoms with van der Waals surface area (Å²) in [5.74, 6) is 1.71. The first-order valence-electron chi connectivity index (χ1n) is 11.3. The van der Waals surface area contributed by atoms with Crippen LogP contribution in [0.4, 0.5) is 0 Å². The van der Waals surface area contributed by atoms with Crippen molar-refractivity contribution in [1.82, 2.24) is 20.0 Å². The molecule has 1 atom stereocenters. The highest BCUT2D eigenvalue weighted by Gasteiger charge is 2.23. The van der Waals surface area contributed by atoms with E-state index in [2.05, 4.69) is 57.9 Å². The minimum atomic E-state index is 0.342. The largest absolute Gasteiger partial charge is 0.497 e. The molecule has 5 rings (SSSR count). The average Bonchev–Trinajstić information content (AvgIpc) is 3.56. The van der Waals surface area contributed by atoms with Crippen LogP contribution < -0.4 is 10.1 Å². The third kappa shape index (κ3) is 4.29. The number of likely N-dealkylation sites (tertiary alicyclic amines) is 1. The quantitative estimate of drug-likeness (QED) is 0.436. The highest BCUT2D eigenvalue weighted by molar-refractivity contribution is 5.82. The maximum atomic E-state index is 6.08. The van der Waals surface area contributed by atoms with Crippen molar-refractivity contribution >= 4 is 11.0 Å². The smallest absolute Gasteiger partial charge is 0.156 e. The molecule has 1 N–H and O–H groups in total. The molecule has 0 saturated carbocycles. The summed E-state index contributed by atoms with van der Waals surface area (Å²) in [5, 5.41) is 9.48. The van der Waals surface area contributed by atoms with Gasteiger partial charge in [0.15, 0.2) is 5.76 Å².